The maximum absolute atomic E-state index is 11.7. The number of furan rings is 1. The standard InChI is InChI=1S/C19H19N3O3/c1-12-6-7-17(25-12)18-14(8-20-21-18)10-22-9-13-4-2-3-5-15(13)16(11-22)19(23)24/h2-8,16H,9-11H2,1H3,(H,20,21)(H,23,24). The summed E-state index contributed by atoms with van der Waals surface area (Å²) in [4.78, 5) is 13.8. The number of hydrogen-bond acceptors (Lipinski definition) is 4. The van der Waals surface area contributed by atoms with Crippen LogP contribution in [0, 0.1) is 6.92 Å². The molecule has 25 heavy (non-hydrogen) atoms. The van der Waals surface area contributed by atoms with Gasteiger partial charge in [-0.2, -0.15) is 5.10 Å². The van der Waals surface area contributed by atoms with E-state index in [1.807, 2.05) is 43.3 Å². The molecule has 0 spiro atoms. The van der Waals surface area contributed by atoms with Crippen LogP contribution in [-0.2, 0) is 17.9 Å². The summed E-state index contributed by atoms with van der Waals surface area (Å²) in [5, 5.41) is 16.7. The second kappa shape index (κ2) is 6.22. The van der Waals surface area contributed by atoms with Crippen molar-refractivity contribution >= 4 is 5.97 Å². The van der Waals surface area contributed by atoms with Gasteiger partial charge in [-0.3, -0.25) is 14.8 Å². The molecule has 1 atom stereocenters. The average molecular weight is 337 g/mol. The molecule has 128 valence electrons. The summed E-state index contributed by atoms with van der Waals surface area (Å²) in [6, 6.07) is 11.6. The topological polar surface area (TPSA) is 82.4 Å². The molecule has 6 heteroatoms. The maximum Gasteiger partial charge on any atom is 0.312 e. The molecule has 2 N–H and O–H groups in total. The third kappa shape index (κ3) is 2.96. The second-order valence-corrected chi connectivity index (χ2v) is 6.44. The lowest BCUT2D eigenvalue weighted by Gasteiger charge is -2.32. The van der Waals surface area contributed by atoms with Crippen LogP contribution in [0.3, 0.4) is 0 Å². The van der Waals surface area contributed by atoms with Crippen LogP contribution < -0.4 is 0 Å². The lowest BCUT2D eigenvalue weighted by Crippen LogP contribution is -2.36. The third-order valence-corrected chi connectivity index (χ3v) is 4.66. The number of carboxylic acid groups (broad SMARTS) is 1. The number of aromatic nitrogens is 2. The summed E-state index contributed by atoms with van der Waals surface area (Å²) in [5.74, 6) is 0.294. The van der Waals surface area contributed by atoms with E-state index in [1.54, 1.807) is 6.20 Å². The Kier molecular flexibility index (Phi) is 3.89. The first kappa shape index (κ1) is 15.7. The van der Waals surface area contributed by atoms with Gasteiger partial charge >= 0.3 is 5.97 Å². The van der Waals surface area contributed by atoms with E-state index in [0.29, 0.717) is 13.1 Å². The first-order valence-corrected chi connectivity index (χ1v) is 8.24. The minimum atomic E-state index is -0.786. The van der Waals surface area contributed by atoms with Crippen LogP contribution >= 0.6 is 0 Å². The van der Waals surface area contributed by atoms with Crippen LogP contribution in [0.1, 0.15) is 28.4 Å². The maximum atomic E-state index is 11.7. The quantitative estimate of drug-likeness (QED) is 0.764. The summed E-state index contributed by atoms with van der Waals surface area (Å²) < 4.78 is 5.69. The van der Waals surface area contributed by atoms with Gasteiger partial charge in [-0.1, -0.05) is 24.3 Å². The highest BCUT2D eigenvalue weighted by Gasteiger charge is 2.30. The molecule has 0 radical (unpaired) electrons. The number of nitrogens with one attached hydrogen (secondary N) is 1. The molecule has 6 nitrogen and oxygen atoms in total. The monoisotopic (exact) mass is 337 g/mol. The minimum absolute atomic E-state index is 0.480. The third-order valence-electron chi connectivity index (χ3n) is 4.66. The predicted molar refractivity (Wildman–Crippen MR) is 92.0 cm³/mol. The van der Waals surface area contributed by atoms with Gasteiger partial charge in [0.1, 0.15) is 11.5 Å². The Labute approximate surface area is 145 Å². The Morgan fingerprint density at radius 1 is 1.36 bits per heavy atom. The minimum Gasteiger partial charge on any atom is -0.481 e. The molecule has 0 saturated heterocycles. The number of hydrogen-bond donors (Lipinski definition) is 2. The van der Waals surface area contributed by atoms with Crippen molar-refractivity contribution in [1.82, 2.24) is 15.1 Å². The van der Waals surface area contributed by atoms with E-state index in [2.05, 4.69) is 15.1 Å². The van der Waals surface area contributed by atoms with Crippen LogP contribution in [-0.4, -0.2) is 32.7 Å². The Morgan fingerprint density at radius 2 is 2.20 bits per heavy atom. The molecule has 1 aromatic carbocycles. The lowest BCUT2D eigenvalue weighted by atomic mass is 9.89. The molecule has 2 aromatic heterocycles. The average Bonchev–Trinajstić information content (AvgIpc) is 3.22. The van der Waals surface area contributed by atoms with E-state index in [0.717, 1.165) is 40.4 Å². The number of aliphatic carboxylic acids is 1. The van der Waals surface area contributed by atoms with Crippen molar-refractivity contribution in [3.05, 3.63) is 65.0 Å². The molecule has 1 unspecified atom stereocenters. The molecular formula is C19H19N3O3. The number of aromatic amines is 1. The van der Waals surface area contributed by atoms with Crippen molar-refractivity contribution in [2.24, 2.45) is 0 Å². The van der Waals surface area contributed by atoms with Crippen LogP contribution in [0.4, 0.5) is 0 Å². The van der Waals surface area contributed by atoms with Crippen LogP contribution in [0.5, 0.6) is 0 Å². The van der Waals surface area contributed by atoms with Gasteiger partial charge in [0.15, 0.2) is 5.76 Å². The fourth-order valence-corrected chi connectivity index (χ4v) is 3.47. The van der Waals surface area contributed by atoms with Gasteiger partial charge in [0, 0.05) is 25.2 Å². The zero-order chi connectivity index (χ0) is 17.4. The van der Waals surface area contributed by atoms with E-state index in [9.17, 15) is 9.90 Å². The Bertz CT molecular complexity index is 912. The summed E-state index contributed by atoms with van der Waals surface area (Å²) in [5.41, 5.74) is 3.83. The molecule has 4 rings (SSSR count). The van der Waals surface area contributed by atoms with Gasteiger partial charge < -0.3 is 9.52 Å². The second-order valence-electron chi connectivity index (χ2n) is 6.44. The fraction of sp³-hybridized carbons (Fsp3) is 0.263. The van der Waals surface area contributed by atoms with Gasteiger partial charge in [0.2, 0.25) is 0 Å². The van der Waals surface area contributed by atoms with Gasteiger partial charge in [-0.25, -0.2) is 0 Å². The van der Waals surface area contributed by atoms with E-state index in [4.69, 9.17) is 4.42 Å². The highest BCUT2D eigenvalue weighted by atomic mass is 16.4. The fourth-order valence-electron chi connectivity index (χ4n) is 3.47. The molecule has 0 bridgehead atoms. The number of aryl methyl sites for hydroxylation is 1. The Hall–Kier alpha value is -2.86. The smallest absolute Gasteiger partial charge is 0.312 e. The van der Waals surface area contributed by atoms with Crippen molar-refractivity contribution in [2.45, 2.75) is 25.9 Å². The molecule has 1 aliphatic heterocycles. The molecule has 0 amide bonds. The molecule has 3 aromatic rings. The summed E-state index contributed by atoms with van der Waals surface area (Å²) in [7, 11) is 0. The van der Waals surface area contributed by atoms with Gasteiger partial charge in [0.25, 0.3) is 0 Å². The van der Waals surface area contributed by atoms with Gasteiger partial charge in [-0.15, -0.1) is 0 Å². The highest BCUT2D eigenvalue weighted by Crippen LogP contribution is 2.31. The number of nitrogens with zero attached hydrogens (tertiary/aromatic N) is 2. The van der Waals surface area contributed by atoms with E-state index in [-0.39, 0.29) is 0 Å². The number of H-pyrrole nitrogens is 1. The largest absolute Gasteiger partial charge is 0.481 e. The number of carbonyl (C=O) groups is 1. The first-order chi connectivity index (χ1) is 12.1. The van der Waals surface area contributed by atoms with E-state index >= 15 is 0 Å². The van der Waals surface area contributed by atoms with Crippen molar-refractivity contribution in [3.8, 4) is 11.5 Å². The number of rotatable bonds is 4. The van der Waals surface area contributed by atoms with Crippen LogP contribution in [0.15, 0.2) is 47.0 Å². The SMILES string of the molecule is Cc1ccc(-c2[nH]ncc2CN2Cc3ccccc3C(C(=O)O)C2)o1. The molecule has 0 saturated carbocycles. The number of benzene rings is 1. The highest BCUT2D eigenvalue weighted by molar-refractivity contribution is 5.77. The van der Waals surface area contributed by atoms with Crippen molar-refractivity contribution < 1.29 is 14.3 Å². The van der Waals surface area contributed by atoms with Crippen molar-refractivity contribution in [2.75, 3.05) is 6.54 Å². The van der Waals surface area contributed by atoms with Gasteiger partial charge in [0.05, 0.1) is 12.1 Å². The molecule has 3 heterocycles. The van der Waals surface area contributed by atoms with Crippen LogP contribution in [0.25, 0.3) is 11.5 Å². The lowest BCUT2D eigenvalue weighted by molar-refractivity contribution is -0.139. The van der Waals surface area contributed by atoms with E-state index in [1.165, 1.54) is 0 Å². The number of fused-ring (bicyclic) bond motifs is 1. The Morgan fingerprint density at radius 3 is 2.96 bits per heavy atom. The Balaban J connectivity index is 1.61. The molecular weight excluding hydrogens is 318 g/mol. The first-order valence-electron chi connectivity index (χ1n) is 8.24. The zero-order valence-corrected chi connectivity index (χ0v) is 13.9. The van der Waals surface area contributed by atoms with Gasteiger partial charge in [-0.05, 0) is 30.2 Å². The molecule has 0 fully saturated rings. The predicted octanol–water partition coefficient (Wildman–Crippen LogP) is 3.16. The van der Waals surface area contributed by atoms with Crippen molar-refractivity contribution in [1.29, 1.82) is 0 Å². The summed E-state index contributed by atoms with van der Waals surface area (Å²) in [6.07, 6.45) is 1.78. The normalized spacial score (nSPS) is 17.4. The van der Waals surface area contributed by atoms with E-state index < -0.39 is 11.9 Å². The number of carboxylic acids is 1. The van der Waals surface area contributed by atoms with Crippen molar-refractivity contribution in [3.63, 3.8) is 0 Å². The van der Waals surface area contributed by atoms with Crippen LogP contribution in [0.2, 0.25) is 0 Å². The summed E-state index contributed by atoms with van der Waals surface area (Å²) in [6.45, 7) is 3.72. The molecule has 0 aliphatic carbocycles. The zero-order valence-electron chi connectivity index (χ0n) is 13.9. The summed E-state index contributed by atoms with van der Waals surface area (Å²) >= 11 is 0. The molecule has 1 aliphatic rings.